The smallest absolute Gasteiger partial charge is 0.251 e. The third-order valence-corrected chi connectivity index (χ3v) is 4.31. The maximum atomic E-state index is 12.3. The van der Waals surface area contributed by atoms with Gasteiger partial charge in [-0.25, -0.2) is 8.42 Å². The van der Waals surface area contributed by atoms with Crippen LogP contribution in [0.25, 0.3) is 0 Å². The molecule has 0 spiro atoms. The molecule has 0 unspecified atom stereocenters. The van der Waals surface area contributed by atoms with Crippen molar-refractivity contribution in [2.75, 3.05) is 17.5 Å². The number of anilines is 1. The fourth-order valence-corrected chi connectivity index (χ4v) is 3.03. The molecule has 0 bridgehead atoms. The van der Waals surface area contributed by atoms with Crippen molar-refractivity contribution in [1.82, 2.24) is 5.32 Å². The molecular weight excluding hydrogens is 324 g/mol. The van der Waals surface area contributed by atoms with Crippen molar-refractivity contribution in [3.8, 4) is 0 Å². The van der Waals surface area contributed by atoms with Crippen molar-refractivity contribution in [2.45, 2.75) is 19.3 Å². The highest BCUT2D eigenvalue weighted by molar-refractivity contribution is 7.92. The Hall–Kier alpha value is -2.34. The molecule has 0 aromatic heterocycles. The monoisotopic (exact) mass is 346 g/mol. The van der Waals surface area contributed by atoms with Gasteiger partial charge in [0.2, 0.25) is 10.0 Å². The molecule has 0 aliphatic carbocycles. The molecule has 2 aromatic carbocycles. The first-order chi connectivity index (χ1) is 11.4. The Bertz CT molecular complexity index is 789. The van der Waals surface area contributed by atoms with Crippen LogP contribution < -0.4 is 10.0 Å². The SMILES string of the molecule is CC[C@@H](CNC(=O)c1cccc(NS(C)(=O)=O)c1)c1ccccc1. The lowest BCUT2D eigenvalue weighted by Crippen LogP contribution is -2.28. The summed E-state index contributed by atoms with van der Waals surface area (Å²) in [6, 6.07) is 16.5. The van der Waals surface area contributed by atoms with E-state index in [2.05, 4.69) is 29.1 Å². The van der Waals surface area contributed by atoms with E-state index in [0.717, 1.165) is 12.7 Å². The zero-order valence-corrected chi connectivity index (χ0v) is 14.6. The molecule has 1 atom stereocenters. The van der Waals surface area contributed by atoms with E-state index in [9.17, 15) is 13.2 Å². The maximum absolute atomic E-state index is 12.3. The first-order valence-electron chi connectivity index (χ1n) is 7.80. The van der Waals surface area contributed by atoms with E-state index >= 15 is 0 Å². The van der Waals surface area contributed by atoms with Crippen LogP contribution in [0, 0.1) is 0 Å². The van der Waals surface area contributed by atoms with Crippen molar-refractivity contribution < 1.29 is 13.2 Å². The van der Waals surface area contributed by atoms with Gasteiger partial charge in [0.1, 0.15) is 0 Å². The summed E-state index contributed by atoms with van der Waals surface area (Å²) in [5.74, 6) is 0.0222. The molecule has 0 saturated heterocycles. The number of nitrogens with one attached hydrogen (secondary N) is 2. The summed E-state index contributed by atoms with van der Waals surface area (Å²) in [7, 11) is -3.37. The average Bonchev–Trinajstić information content (AvgIpc) is 2.55. The van der Waals surface area contributed by atoms with E-state index in [1.165, 1.54) is 11.6 Å². The molecule has 0 saturated carbocycles. The second-order valence-corrected chi connectivity index (χ2v) is 7.43. The second-order valence-electron chi connectivity index (χ2n) is 5.68. The van der Waals surface area contributed by atoms with Crippen molar-refractivity contribution >= 4 is 21.6 Å². The summed E-state index contributed by atoms with van der Waals surface area (Å²) < 4.78 is 24.9. The molecular formula is C18H22N2O3S. The van der Waals surface area contributed by atoms with Gasteiger partial charge in [-0.2, -0.15) is 0 Å². The maximum Gasteiger partial charge on any atom is 0.251 e. The lowest BCUT2D eigenvalue weighted by Gasteiger charge is -2.16. The molecule has 0 heterocycles. The number of carbonyl (C=O) groups excluding carboxylic acids is 1. The van der Waals surface area contributed by atoms with E-state index < -0.39 is 10.0 Å². The number of rotatable bonds is 7. The first kappa shape index (κ1) is 18.0. The van der Waals surface area contributed by atoms with Crippen molar-refractivity contribution in [3.63, 3.8) is 0 Å². The van der Waals surface area contributed by atoms with Gasteiger partial charge in [0, 0.05) is 23.7 Å². The fourth-order valence-electron chi connectivity index (χ4n) is 2.48. The number of amides is 1. The number of hydrogen-bond acceptors (Lipinski definition) is 3. The van der Waals surface area contributed by atoms with E-state index in [1.54, 1.807) is 18.2 Å². The molecule has 2 N–H and O–H groups in total. The largest absolute Gasteiger partial charge is 0.351 e. The summed E-state index contributed by atoms with van der Waals surface area (Å²) in [5, 5.41) is 2.92. The van der Waals surface area contributed by atoms with Gasteiger partial charge < -0.3 is 5.32 Å². The van der Waals surface area contributed by atoms with Gasteiger partial charge in [0.15, 0.2) is 0 Å². The van der Waals surface area contributed by atoms with Gasteiger partial charge >= 0.3 is 0 Å². The number of benzene rings is 2. The predicted molar refractivity (Wildman–Crippen MR) is 96.7 cm³/mol. The Morgan fingerprint density at radius 3 is 2.42 bits per heavy atom. The van der Waals surface area contributed by atoms with Gasteiger partial charge in [-0.3, -0.25) is 9.52 Å². The topological polar surface area (TPSA) is 75.3 Å². The Morgan fingerprint density at radius 2 is 1.79 bits per heavy atom. The Kier molecular flexibility index (Phi) is 5.98. The van der Waals surface area contributed by atoms with Crippen LogP contribution in [0.3, 0.4) is 0 Å². The highest BCUT2D eigenvalue weighted by atomic mass is 32.2. The number of sulfonamides is 1. The van der Waals surface area contributed by atoms with Crippen LogP contribution in [0.5, 0.6) is 0 Å². The van der Waals surface area contributed by atoms with Crippen molar-refractivity contribution in [2.24, 2.45) is 0 Å². The van der Waals surface area contributed by atoms with Crippen molar-refractivity contribution in [3.05, 3.63) is 65.7 Å². The minimum atomic E-state index is -3.37. The zero-order chi connectivity index (χ0) is 17.6. The average molecular weight is 346 g/mol. The molecule has 128 valence electrons. The summed E-state index contributed by atoms with van der Waals surface area (Å²) in [4.78, 5) is 12.3. The van der Waals surface area contributed by atoms with Crippen LogP contribution >= 0.6 is 0 Å². The summed E-state index contributed by atoms with van der Waals surface area (Å²) in [5.41, 5.74) is 1.99. The second kappa shape index (κ2) is 7.97. The summed E-state index contributed by atoms with van der Waals surface area (Å²) in [6.07, 6.45) is 1.99. The molecule has 6 heteroatoms. The van der Waals surface area contributed by atoms with E-state index in [1.807, 2.05) is 18.2 Å². The van der Waals surface area contributed by atoms with Gasteiger partial charge in [0.25, 0.3) is 5.91 Å². The highest BCUT2D eigenvalue weighted by Crippen LogP contribution is 2.18. The predicted octanol–water partition coefficient (Wildman–Crippen LogP) is 2.98. The van der Waals surface area contributed by atoms with E-state index in [-0.39, 0.29) is 11.8 Å². The molecule has 5 nitrogen and oxygen atoms in total. The Morgan fingerprint density at radius 1 is 1.08 bits per heavy atom. The van der Waals surface area contributed by atoms with Gasteiger partial charge in [-0.1, -0.05) is 43.3 Å². The molecule has 2 aromatic rings. The van der Waals surface area contributed by atoms with E-state index in [4.69, 9.17) is 0 Å². The standard InChI is InChI=1S/C18H22N2O3S/c1-3-14(15-8-5-4-6-9-15)13-19-18(21)16-10-7-11-17(12-16)20-24(2,22)23/h4-12,14,20H,3,13H2,1-2H3,(H,19,21)/t14-/m0/s1. The van der Waals surface area contributed by atoms with E-state index in [0.29, 0.717) is 17.8 Å². The molecule has 0 aliphatic heterocycles. The van der Waals surface area contributed by atoms with Crippen LogP contribution in [-0.2, 0) is 10.0 Å². The molecule has 2 rings (SSSR count). The Labute approximate surface area is 143 Å². The van der Waals surface area contributed by atoms with Crippen LogP contribution in [0.2, 0.25) is 0 Å². The van der Waals surface area contributed by atoms with Crippen molar-refractivity contribution in [1.29, 1.82) is 0 Å². The molecule has 1 amide bonds. The van der Waals surface area contributed by atoms with Gasteiger partial charge in [-0.15, -0.1) is 0 Å². The third-order valence-electron chi connectivity index (χ3n) is 3.70. The van der Waals surface area contributed by atoms with Gasteiger partial charge in [0.05, 0.1) is 6.26 Å². The lowest BCUT2D eigenvalue weighted by atomic mass is 9.96. The molecule has 0 fully saturated rings. The quantitative estimate of drug-likeness (QED) is 0.809. The summed E-state index contributed by atoms with van der Waals surface area (Å²) in [6.45, 7) is 2.61. The molecule has 24 heavy (non-hydrogen) atoms. The highest BCUT2D eigenvalue weighted by Gasteiger charge is 2.12. The fraction of sp³-hybridized carbons (Fsp3) is 0.278. The van der Waals surface area contributed by atoms with Crippen LogP contribution in [-0.4, -0.2) is 27.1 Å². The van der Waals surface area contributed by atoms with Crippen LogP contribution in [0.15, 0.2) is 54.6 Å². The Balaban J connectivity index is 2.03. The first-order valence-corrected chi connectivity index (χ1v) is 9.69. The van der Waals surface area contributed by atoms with Crippen LogP contribution in [0.4, 0.5) is 5.69 Å². The number of carbonyl (C=O) groups is 1. The number of hydrogen-bond donors (Lipinski definition) is 2. The normalized spacial score (nSPS) is 12.4. The zero-order valence-electron chi connectivity index (χ0n) is 13.8. The lowest BCUT2D eigenvalue weighted by molar-refractivity contribution is 0.0951. The van der Waals surface area contributed by atoms with Gasteiger partial charge in [-0.05, 0) is 30.2 Å². The minimum absolute atomic E-state index is 0.221. The minimum Gasteiger partial charge on any atom is -0.351 e. The summed E-state index contributed by atoms with van der Waals surface area (Å²) >= 11 is 0. The van der Waals surface area contributed by atoms with Crippen LogP contribution in [0.1, 0.15) is 35.2 Å². The molecule has 0 radical (unpaired) electrons. The third kappa shape index (κ3) is 5.38. The molecule has 0 aliphatic rings.